The molecule has 8 heteroatoms. The summed E-state index contributed by atoms with van der Waals surface area (Å²) in [6, 6.07) is 27.3. The summed E-state index contributed by atoms with van der Waals surface area (Å²) in [5.41, 5.74) is 4.82. The predicted molar refractivity (Wildman–Crippen MR) is 129 cm³/mol. The number of hydrogen-bond acceptors (Lipinski definition) is 5. The first-order valence-electron chi connectivity index (χ1n) is 11.2. The highest BCUT2D eigenvalue weighted by molar-refractivity contribution is 5.94. The fraction of sp³-hybridized carbons (Fsp3) is 0.185. The molecule has 3 aromatic rings. The first-order valence-corrected chi connectivity index (χ1v) is 11.2. The second-order valence-corrected chi connectivity index (χ2v) is 8.16. The van der Waals surface area contributed by atoms with Gasteiger partial charge in [0.15, 0.2) is 6.61 Å². The SMILES string of the molecule is O=C(COC(=O)[C@@H]1CC(=O)N(NC(=O)C(c2ccccc2)c2ccccc2)C1)Nc1ccccc1. The van der Waals surface area contributed by atoms with E-state index in [1.54, 1.807) is 24.3 Å². The van der Waals surface area contributed by atoms with Crippen LogP contribution in [0.15, 0.2) is 91.0 Å². The van der Waals surface area contributed by atoms with Crippen LogP contribution in [0, 0.1) is 5.92 Å². The third-order valence-corrected chi connectivity index (χ3v) is 5.63. The van der Waals surface area contributed by atoms with E-state index in [0.29, 0.717) is 5.69 Å². The molecule has 0 unspecified atom stereocenters. The first-order chi connectivity index (χ1) is 17.0. The largest absolute Gasteiger partial charge is 0.455 e. The van der Waals surface area contributed by atoms with Gasteiger partial charge in [-0.05, 0) is 23.3 Å². The van der Waals surface area contributed by atoms with Crippen LogP contribution in [0.2, 0.25) is 0 Å². The lowest BCUT2D eigenvalue weighted by Gasteiger charge is -2.23. The van der Waals surface area contributed by atoms with Crippen LogP contribution in [0.4, 0.5) is 5.69 Å². The molecule has 2 N–H and O–H groups in total. The van der Waals surface area contributed by atoms with Gasteiger partial charge < -0.3 is 10.1 Å². The Morgan fingerprint density at radius 3 is 1.97 bits per heavy atom. The van der Waals surface area contributed by atoms with Crippen molar-refractivity contribution >= 4 is 29.4 Å². The van der Waals surface area contributed by atoms with Gasteiger partial charge in [-0.25, -0.2) is 0 Å². The Balaban J connectivity index is 1.35. The number of nitrogens with one attached hydrogen (secondary N) is 2. The third-order valence-electron chi connectivity index (χ3n) is 5.63. The number of nitrogens with zero attached hydrogens (tertiary/aromatic N) is 1. The maximum Gasteiger partial charge on any atom is 0.311 e. The Morgan fingerprint density at radius 2 is 1.40 bits per heavy atom. The smallest absolute Gasteiger partial charge is 0.311 e. The lowest BCUT2D eigenvalue weighted by Crippen LogP contribution is -2.45. The summed E-state index contributed by atoms with van der Waals surface area (Å²) >= 11 is 0. The van der Waals surface area contributed by atoms with E-state index in [9.17, 15) is 19.2 Å². The highest BCUT2D eigenvalue weighted by Gasteiger charge is 2.37. The van der Waals surface area contributed by atoms with Crippen molar-refractivity contribution in [1.82, 2.24) is 10.4 Å². The summed E-state index contributed by atoms with van der Waals surface area (Å²) < 4.78 is 5.11. The zero-order chi connectivity index (χ0) is 24.6. The number of carbonyl (C=O) groups is 4. The Kier molecular flexibility index (Phi) is 7.52. The summed E-state index contributed by atoms with van der Waals surface area (Å²) in [7, 11) is 0. The number of anilines is 1. The maximum absolute atomic E-state index is 13.2. The summed E-state index contributed by atoms with van der Waals surface area (Å²) in [5, 5.41) is 3.77. The third kappa shape index (κ3) is 6.11. The molecule has 0 spiro atoms. The summed E-state index contributed by atoms with van der Waals surface area (Å²) in [5.74, 6) is -3.33. The van der Waals surface area contributed by atoms with Gasteiger partial charge in [-0.15, -0.1) is 0 Å². The van der Waals surface area contributed by atoms with E-state index in [0.717, 1.165) is 16.1 Å². The number of ether oxygens (including phenoxy) is 1. The standard InChI is InChI=1S/C27H25N3O5/c31-23(28-22-14-8-3-9-15-22)18-35-27(34)21-16-24(32)30(17-21)29-26(33)25(19-10-4-1-5-11-19)20-12-6-2-7-13-20/h1-15,21,25H,16-18H2,(H,28,31)(H,29,33)/t21-/m1/s1. The second-order valence-electron chi connectivity index (χ2n) is 8.16. The minimum atomic E-state index is -0.778. The van der Waals surface area contributed by atoms with Crippen LogP contribution in [0.3, 0.4) is 0 Å². The second kappa shape index (κ2) is 11.1. The van der Waals surface area contributed by atoms with Crippen LogP contribution < -0.4 is 10.7 Å². The molecule has 1 aliphatic heterocycles. The molecule has 3 amide bonds. The van der Waals surface area contributed by atoms with Crippen molar-refractivity contribution in [1.29, 1.82) is 0 Å². The molecule has 0 bridgehead atoms. The number of carbonyl (C=O) groups excluding carboxylic acids is 4. The molecule has 1 atom stereocenters. The van der Waals surface area contributed by atoms with Gasteiger partial charge in [0.2, 0.25) is 5.91 Å². The molecular formula is C27H25N3O5. The molecule has 35 heavy (non-hydrogen) atoms. The number of rotatable bonds is 8. The van der Waals surface area contributed by atoms with E-state index in [1.165, 1.54) is 0 Å². The van der Waals surface area contributed by atoms with Crippen molar-refractivity contribution in [3.05, 3.63) is 102 Å². The molecule has 178 valence electrons. The van der Waals surface area contributed by atoms with E-state index < -0.39 is 36.2 Å². The lowest BCUT2D eigenvalue weighted by molar-refractivity contribution is -0.151. The van der Waals surface area contributed by atoms with Gasteiger partial charge in [0.1, 0.15) is 0 Å². The van der Waals surface area contributed by atoms with E-state index >= 15 is 0 Å². The van der Waals surface area contributed by atoms with E-state index in [4.69, 9.17) is 4.74 Å². The summed E-state index contributed by atoms with van der Waals surface area (Å²) in [6.07, 6.45) is -0.110. The molecule has 1 fully saturated rings. The zero-order valence-corrected chi connectivity index (χ0v) is 18.9. The van der Waals surface area contributed by atoms with Crippen molar-refractivity contribution in [3.63, 3.8) is 0 Å². The number of amides is 3. The zero-order valence-electron chi connectivity index (χ0n) is 18.9. The molecule has 3 aromatic carbocycles. The van der Waals surface area contributed by atoms with Crippen molar-refractivity contribution in [2.24, 2.45) is 5.92 Å². The van der Waals surface area contributed by atoms with Crippen LogP contribution in [-0.2, 0) is 23.9 Å². The number of esters is 1. The van der Waals surface area contributed by atoms with Gasteiger partial charge in [-0.2, -0.15) is 0 Å². The van der Waals surface area contributed by atoms with Crippen molar-refractivity contribution < 1.29 is 23.9 Å². The number of para-hydroxylation sites is 1. The minimum Gasteiger partial charge on any atom is -0.455 e. The van der Waals surface area contributed by atoms with Gasteiger partial charge in [0.05, 0.1) is 18.4 Å². The van der Waals surface area contributed by atoms with Crippen LogP contribution in [0.5, 0.6) is 0 Å². The lowest BCUT2D eigenvalue weighted by atomic mass is 9.91. The molecule has 4 rings (SSSR count). The van der Waals surface area contributed by atoms with E-state index in [-0.39, 0.29) is 18.9 Å². The average Bonchev–Trinajstić information content (AvgIpc) is 3.24. The highest BCUT2D eigenvalue weighted by Crippen LogP contribution is 2.26. The monoisotopic (exact) mass is 471 g/mol. The Hall–Kier alpha value is -4.46. The molecule has 0 aromatic heterocycles. The first kappa shape index (κ1) is 23.7. The number of hydrogen-bond donors (Lipinski definition) is 2. The molecule has 8 nitrogen and oxygen atoms in total. The molecule has 0 radical (unpaired) electrons. The Labute approximate surface area is 202 Å². The Bertz CT molecular complexity index is 1150. The molecular weight excluding hydrogens is 446 g/mol. The van der Waals surface area contributed by atoms with Gasteiger partial charge in [0.25, 0.3) is 11.8 Å². The minimum absolute atomic E-state index is 0.0278. The average molecular weight is 472 g/mol. The van der Waals surface area contributed by atoms with Crippen LogP contribution in [0.1, 0.15) is 23.5 Å². The van der Waals surface area contributed by atoms with Gasteiger partial charge >= 0.3 is 5.97 Å². The van der Waals surface area contributed by atoms with Gasteiger partial charge in [0, 0.05) is 12.1 Å². The normalized spacial score (nSPS) is 15.1. The quantitative estimate of drug-likeness (QED) is 0.492. The fourth-order valence-electron chi connectivity index (χ4n) is 3.93. The molecule has 0 aliphatic carbocycles. The molecule has 1 aliphatic rings. The molecule has 1 heterocycles. The van der Waals surface area contributed by atoms with Crippen LogP contribution in [-0.4, -0.2) is 41.9 Å². The molecule has 0 saturated carbocycles. The van der Waals surface area contributed by atoms with Crippen molar-refractivity contribution in [2.75, 3.05) is 18.5 Å². The van der Waals surface area contributed by atoms with Gasteiger partial charge in [-0.1, -0.05) is 78.9 Å². The maximum atomic E-state index is 13.2. The van der Waals surface area contributed by atoms with E-state index in [1.807, 2.05) is 66.7 Å². The van der Waals surface area contributed by atoms with Gasteiger partial charge in [-0.3, -0.25) is 29.6 Å². The van der Waals surface area contributed by atoms with E-state index in [2.05, 4.69) is 10.7 Å². The number of hydrazine groups is 1. The van der Waals surface area contributed by atoms with Crippen LogP contribution >= 0.6 is 0 Å². The highest BCUT2D eigenvalue weighted by atomic mass is 16.5. The summed E-state index contributed by atoms with van der Waals surface area (Å²) in [6.45, 7) is -0.491. The van der Waals surface area contributed by atoms with Crippen molar-refractivity contribution in [2.45, 2.75) is 12.3 Å². The fourth-order valence-corrected chi connectivity index (χ4v) is 3.93. The van der Waals surface area contributed by atoms with Crippen LogP contribution in [0.25, 0.3) is 0 Å². The predicted octanol–water partition coefficient (Wildman–Crippen LogP) is 2.88. The number of benzene rings is 3. The summed E-state index contributed by atoms with van der Waals surface area (Å²) in [4.78, 5) is 50.3. The van der Waals surface area contributed by atoms with Crippen molar-refractivity contribution in [3.8, 4) is 0 Å². The molecule has 1 saturated heterocycles. The Morgan fingerprint density at radius 1 is 0.857 bits per heavy atom. The topological polar surface area (TPSA) is 105 Å².